The normalized spacial score (nSPS) is 19.7. The van der Waals surface area contributed by atoms with Crippen LogP contribution in [0.5, 0.6) is 5.75 Å². The summed E-state index contributed by atoms with van der Waals surface area (Å²) in [6.07, 6.45) is 5.65. The minimum atomic E-state index is -0.284. The summed E-state index contributed by atoms with van der Waals surface area (Å²) in [6, 6.07) is 11.7. The van der Waals surface area contributed by atoms with Crippen molar-refractivity contribution in [1.29, 1.82) is 0 Å². The number of amides is 1. The molecule has 0 spiro atoms. The molecule has 0 aliphatic carbocycles. The van der Waals surface area contributed by atoms with Crippen LogP contribution in [0.4, 0.5) is 28.7 Å². The van der Waals surface area contributed by atoms with Gasteiger partial charge < -0.3 is 25.2 Å². The van der Waals surface area contributed by atoms with Gasteiger partial charge in [0.1, 0.15) is 17.9 Å². The van der Waals surface area contributed by atoms with Crippen LogP contribution in [0.1, 0.15) is 30.9 Å². The number of aromatic nitrogens is 2. The fourth-order valence-corrected chi connectivity index (χ4v) is 6.74. The number of carbonyl (C=O) groups excluding carboxylic acids is 1. The lowest BCUT2D eigenvalue weighted by Crippen LogP contribution is -2.52. The number of carbonyl (C=O) groups is 1. The molecular formula is C33H40Cl2N8O3. The number of hydrogen-bond acceptors (Lipinski definition) is 10. The number of nitrogens with one attached hydrogen (secondary N) is 2. The van der Waals surface area contributed by atoms with Gasteiger partial charge in [-0.15, -0.1) is 0 Å². The first-order valence-corrected chi connectivity index (χ1v) is 16.4. The lowest BCUT2D eigenvalue weighted by molar-refractivity contribution is -0.111. The SMILES string of the molecule is C=CC(=O)Nc1cc(Nc2cc(N3OCC[C@@H]3c3ccc(Cl)c(Cl)c3)ncn2)c(OC)cc1N1CCC(N2CCN(C)CC2)CC1. The van der Waals surface area contributed by atoms with Crippen molar-refractivity contribution >= 4 is 57.8 Å². The van der Waals surface area contributed by atoms with Crippen LogP contribution in [0, 0.1) is 0 Å². The Bertz CT molecular complexity index is 1560. The van der Waals surface area contributed by atoms with Crippen LogP contribution in [0.2, 0.25) is 10.0 Å². The van der Waals surface area contributed by atoms with Gasteiger partial charge in [0.25, 0.3) is 0 Å². The Morgan fingerprint density at radius 1 is 1.00 bits per heavy atom. The lowest BCUT2D eigenvalue weighted by atomic mass is 10.0. The molecule has 1 amide bonds. The summed E-state index contributed by atoms with van der Waals surface area (Å²) in [5, 5.41) is 9.15. The topological polar surface area (TPSA) is 98.3 Å². The molecule has 0 radical (unpaired) electrons. The van der Waals surface area contributed by atoms with E-state index in [2.05, 4.69) is 48.9 Å². The first kappa shape index (κ1) is 32.3. The van der Waals surface area contributed by atoms with Gasteiger partial charge in [-0.2, -0.15) is 0 Å². The summed E-state index contributed by atoms with van der Waals surface area (Å²) in [5.41, 5.74) is 3.20. The number of piperidine rings is 1. The van der Waals surface area contributed by atoms with Gasteiger partial charge in [0.2, 0.25) is 5.91 Å². The van der Waals surface area contributed by atoms with Gasteiger partial charge >= 0.3 is 0 Å². The molecule has 0 bridgehead atoms. The molecule has 3 aliphatic heterocycles. The Hall–Kier alpha value is -3.61. The summed E-state index contributed by atoms with van der Waals surface area (Å²) in [4.78, 5) is 34.8. The van der Waals surface area contributed by atoms with E-state index in [4.69, 9.17) is 32.8 Å². The molecule has 13 heteroatoms. The number of halogens is 2. The first-order chi connectivity index (χ1) is 22.3. The van der Waals surface area contributed by atoms with Gasteiger partial charge in [-0.1, -0.05) is 35.8 Å². The monoisotopic (exact) mass is 666 g/mol. The molecule has 1 aromatic heterocycles. The molecule has 4 heterocycles. The van der Waals surface area contributed by atoms with Crippen molar-refractivity contribution in [3.05, 3.63) is 71.0 Å². The third-order valence-corrected chi connectivity index (χ3v) is 9.73. The molecule has 2 N–H and O–H groups in total. The van der Waals surface area contributed by atoms with Crippen LogP contribution in [0.3, 0.4) is 0 Å². The van der Waals surface area contributed by atoms with Gasteiger partial charge in [-0.05, 0) is 49.7 Å². The average Bonchev–Trinajstić information content (AvgIpc) is 3.57. The predicted molar refractivity (Wildman–Crippen MR) is 184 cm³/mol. The summed E-state index contributed by atoms with van der Waals surface area (Å²) in [6.45, 7) is 10.4. The van der Waals surface area contributed by atoms with Crippen LogP contribution < -0.4 is 25.3 Å². The quantitative estimate of drug-likeness (QED) is 0.274. The second-order valence-corrected chi connectivity index (χ2v) is 12.7. The summed E-state index contributed by atoms with van der Waals surface area (Å²) in [7, 11) is 3.82. The molecule has 2 aromatic carbocycles. The number of rotatable bonds is 9. The number of benzene rings is 2. The van der Waals surface area contributed by atoms with E-state index in [1.807, 2.05) is 30.3 Å². The van der Waals surface area contributed by atoms with E-state index in [0.29, 0.717) is 51.5 Å². The molecule has 244 valence electrons. The third kappa shape index (κ3) is 7.19. The fraction of sp³-hybridized carbons (Fsp3) is 0.424. The number of ether oxygens (including phenoxy) is 1. The Morgan fingerprint density at radius 3 is 2.50 bits per heavy atom. The number of piperazine rings is 1. The van der Waals surface area contributed by atoms with Gasteiger partial charge in [0, 0.05) is 63.9 Å². The van der Waals surface area contributed by atoms with Crippen LogP contribution in [-0.2, 0) is 9.63 Å². The maximum absolute atomic E-state index is 12.5. The van der Waals surface area contributed by atoms with Crippen molar-refractivity contribution in [1.82, 2.24) is 19.8 Å². The Labute approximate surface area is 280 Å². The molecule has 3 saturated heterocycles. The van der Waals surface area contributed by atoms with Crippen molar-refractivity contribution in [3.63, 3.8) is 0 Å². The van der Waals surface area contributed by atoms with Gasteiger partial charge in [-0.3, -0.25) is 14.5 Å². The number of nitrogens with zero attached hydrogens (tertiary/aromatic N) is 6. The van der Waals surface area contributed by atoms with E-state index in [9.17, 15) is 4.79 Å². The molecule has 3 aromatic rings. The van der Waals surface area contributed by atoms with Crippen LogP contribution in [0.15, 0.2) is 55.4 Å². The Kier molecular flexibility index (Phi) is 10.1. The first-order valence-electron chi connectivity index (χ1n) is 15.6. The highest BCUT2D eigenvalue weighted by Gasteiger charge is 2.31. The van der Waals surface area contributed by atoms with Crippen molar-refractivity contribution in [2.75, 3.05) is 80.6 Å². The number of anilines is 5. The van der Waals surface area contributed by atoms with Crippen molar-refractivity contribution in [3.8, 4) is 5.75 Å². The maximum Gasteiger partial charge on any atom is 0.247 e. The zero-order valence-electron chi connectivity index (χ0n) is 26.2. The average molecular weight is 668 g/mol. The van der Waals surface area contributed by atoms with Crippen LogP contribution in [0.25, 0.3) is 0 Å². The molecule has 46 heavy (non-hydrogen) atoms. The highest BCUT2D eigenvalue weighted by Crippen LogP contribution is 2.41. The third-order valence-electron chi connectivity index (χ3n) is 8.99. The predicted octanol–water partition coefficient (Wildman–Crippen LogP) is 5.76. The molecule has 0 saturated carbocycles. The molecule has 11 nitrogen and oxygen atoms in total. The highest BCUT2D eigenvalue weighted by molar-refractivity contribution is 6.42. The fourth-order valence-electron chi connectivity index (χ4n) is 6.43. The standard InChI is InChI=1S/C33H40Cl2N8O3/c1-4-33(44)39-26-18-27(30(45-3)19-29(26)42-10-7-23(8-11-42)41-14-12-40(2)13-15-41)38-31-20-32(37-21-36-31)43-28(9-16-46-43)22-5-6-24(34)25(35)17-22/h4-6,17-21,23,28H,1,7-16H2,2-3H3,(H,39,44)(H,36,37,38)/t28-/m1/s1. The number of hydrogen-bond donors (Lipinski definition) is 2. The maximum atomic E-state index is 12.5. The van der Waals surface area contributed by atoms with E-state index >= 15 is 0 Å². The number of hydroxylamine groups is 1. The molecule has 3 fully saturated rings. The number of methoxy groups -OCH3 is 1. The summed E-state index contributed by atoms with van der Waals surface area (Å²) in [5.74, 6) is 1.46. The van der Waals surface area contributed by atoms with Gasteiger partial charge in [-0.25, -0.2) is 15.0 Å². The molecule has 6 rings (SSSR count). The minimum absolute atomic E-state index is 0.0903. The molecular weight excluding hydrogens is 627 g/mol. The second kappa shape index (κ2) is 14.4. The Balaban J connectivity index is 1.22. The van der Waals surface area contributed by atoms with Crippen LogP contribution >= 0.6 is 23.2 Å². The van der Waals surface area contributed by atoms with E-state index in [-0.39, 0.29) is 11.9 Å². The van der Waals surface area contributed by atoms with E-state index in [1.54, 1.807) is 18.2 Å². The van der Waals surface area contributed by atoms with Gasteiger partial charge in [0.05, 0.1) is 46.9 Å². The summed E-state index contributed by atoms with van der Waals surface area (Å²) < 4.78 is 5.85. The highest BCUT2D eigenvalue weighted by atomic mass is 35.5. The zero-order chi connectivity index (χ0) is 32.2. The summed E-state index contributed by atoms with van der Waals surface area (Å²) >= 11 is 12.5. The number of likely N-dealkylation sites (N-methyl/N-ethyl adjacent to an activating group) is 1. The molecule has 0 unspecified atom stereocenters. The lowest BCUT2D eigenvalue weighted by Gasteiger charge is -2.43. The van der Waals surface area contributed by atoms with E-state index in [0.717, 1.165) is 69.8 Å². The van der Waals surface area contributed by atoms with E-state index < -0.39 is 0 Å². The van der Waals surface area contributed by atoms with Crippen molar-refractivity contribution in [2.45, 2.75) is 31.3 Å². The van der Waals surface area contributed by atoms with E-state index in [1.165, 1.54) is 12.4 Å². The van der Waals surface area contributed by atoms with Gasteiger partial charge in [0.15, 0.2) is 5.82 Å². The van der Waals surface area contributed by atoms with Crippen molar-refractivity contribution < 1.29 is 14.4 Å². The largest absolute Gasteiger partial charge is 0.494 e. The molecule has 3 aliphatic rings. The second-order valence-electron chi connectivity index (χ2n) is 11.8. The zero-order valence-corrected chi connectivity index (χ0v) is 27.7. The van der Waals surface area contributed by atoms with Crippen molar-refractivity contribution in [2.24, 2.45) is 0 Å². The Morgan fingerprint density at radius 2 is 1.78 bits per heavy atom. The van der Waals surface area contributed by atoms with Crippen LogP contribution in [-0.4, -0.2) is 91.7 Å². The minimum Gasteiger partial charge on any atom is -0.494 e. The molecule has 1 atom stereocenters. The smallest absolute Gasteiger partial charge is 0.247 e.